The lowest BCUT2D eigenvalue weighted by molar-refractivity contribution is 0.0713. The quantitative estimate of drug-likeness (QED) is 0.666. The molecule has 1 aromatic heterocycles. The number of aryl methyl sites for hydroxylation is 3. The van der Waals surface area contributed by atoms with E-state index in [1.807, 2.05) is 47.2 Å². The fourth-order valence-corrected chi connectivity index (χ4v) is 3.99. The molecule has 0 unspecified atom stereocenters. The molecule has 144 valence electrons. The Balaban J connectivity index is 1.39. The summed E-state index contributed by atoms with van der Waals surface area (Å²) >= 11 is 0. The van der Waals surface area contributed by atoms with E-state index in [0.29, 0.717) is 5.92 Å². The molecule has 0 aliphatic carbocycles. The highest BCUT2D eigenvalue weighted by Gasteiger charge is 2.24. The molecule has 4 nitrogen and oxygen atoms in total. The molecule has 4 heteroatoms. The van der Waals surface area contributed by atoms with E-state index in [9.17, 15) is 4.79 Å². The van der Waals surface area contributed by atoms with Gasteiger partial charge in [0.15, 0.2) is 0 Å². The van der Waals surface area contributed by atoms with E-state index in [1.165, 1.54) is 22.3 Å². The van der Waals surface area contributed by atoms with Gasteiger partial charge in [-0.05, 0) is 67.0 Å². The van der Waals surface area contributed by atoms with Crippen LogP contribution in [0.1, 0.15) is 45.8 Å². The number of carbonyl (C=O) groups excluding carboxylic acids is 1. The summed E-state index contributed by atoms with van der Waals surface area (Å²) in [5.41, 5.74) is 6.91. The lowest BCUT2D eigenvalue weighted by atomic mass is 9.88. The Morgan fingerprint density at radius 2 is 1.68 bits per heavy atom. The van der Waals surface area contributed by atoms with Crippen molar-refractivity contribution in [3.05, 3.63) is 77.1 Å². The van der Waals surface area contributed by atoms with Crippen LogP contribution in [-0.4, -0.2) is 33.7 Å². The minimum atomic E-state index is 0.161. The zero-order valence-corrected chi connectivity index (χ0v) is 16.9. The molecule has 0 bridgehead atoms. The lowest BCUT2D eigenvalue weighted by Gasteiger charge is -2.32. The third-order valence-corrected chi connectivity index (χ3v) is 5.96. The smallest absolute Gasteiger partial charge is 0.253 e. The van der Waals surface area contributed by atoms with Gasteiger partial charge in [0, 0.05) is 37.5 Å². The van der Waals surface area contributed by atoms with Crippen LogP contribution >= 0.6 is 0 Å². The summed E-state index contributed by atoms with van der Waals surface area (Å²) in [5, 5.41) is 4.24. The molecule has 1 fully saturated rings. The highest BCUT2D eigenvalue weighted by Crippen LogP contribution is 2.30. The van der Waals surface area contributed by atoms with Gasteiger partial charge in [0.2, 0.25) is 0 Å². The van der Waals surface area contributed by atoms with Crippen LogP contribution in [0.2, 0.25) is 0 Å². The molecule has 1 saturated heterocycles. The van der Waals surface area contributed by atoms with Crippen LogP contribution in [0.3, 0.4) is 0 Å². The lowest BCUT2D eigenvalue weighted by Crippen LogP contribution is -2.37. The summed E-state index contributed by atoms with van der Waals surface area (Å²) in [6.07, 6.45) is 5.96. The first-order valence-electron chi connectivity index (χ1n) is 9.97. The molecule has 0 spiro atoms. The number of piperidine rings is 1. The van der Waals surface area contributed by atoms with E-state index in [0.717, 1.165) is 37.1 Å². The molecule has 0 radical (unpaired) electrons. The number of benzene rings is 2. The van der Waals surface area contributed by atoms with E-state index < -0.39 is 0 Å². The van der Waals surface area contributed by atoms with E-state index in [1.54, 1.807) is 0 Å². The Bertz CT molecular complexity index is 979. The fourth-order valence-electron chi connectivity index (χ4n) is 3.99. The first-order valence-corrected chi connectivity index (χ1v) is 9.97. The second-order valence-electron chi connectivity index (χ2n) is 7.89. The molecule has 0 atom stereocenters. The number of nitrogens with zero attached hydrogens (tertiary/aromatic N) is 3. The maximum atomic E-state index is 12.8. The van der Waals surface area contributed by atoms with Crippen molar-refractivity contribution in [3.8, 4) is 11.1 Å². The fraction of sp³-hybridized carbons (Fsp3) is 0.333. The SMILES string of the molecule is Cc1ccc(C(=O)N2CCC(c3ccc(-c4cnn(C)c4)cc3)CC2)cc1C. The normalized spacial score (nSPS) is 15.0. The molecular formula is C24H27N3O. The summed E-state index contributed by atoms with van der Waals surface area (Å²) in [4.78, 5) is 14.8. The van der Waals surface area contributed by atoms with Gasteiger partial charge >= 0.3 is 0 Å². The topological polar surface area (TPSA) is 38.1 Å². The second-order valence-corrected chi connectivity index (χ2v) is 7.89. The summed E-state index contributed by atoms with van der Waals surface area (Å²) in [5.74, 6) is 0.681. The predicted octanol–water partition coefficient (Wildman–Crippen LogP) is 4.72. The monoisotopic (exact) mass is 373 g/mol. The minimum Gasteiger partial charge on any atom is -0.339 e. The van der Waals surface area contributed by atoms with Crippen molar-refractivity contribution in [2.75, 3.05) is 13.1 Å². The Hall–Kier alpha value is -2.88. The summed E-state index contributed by atoms with van der Waals surface area (Å²) < 4.78 is 1.82. The number of likely N-dealkylation sites (tertiary alicyclic amines) is 1. The average Bonchev–Trinajstić information content (AvgIpc) is 3.16. The van der Waals surface area contributed by atoms with Crippen LogP contribution in [-0.2, 0) is 7.05 Å². The molecule has 3 aromatic rings. The van der Waals surface area contributed by atoms with Crippen LogP contribution in [0, 0.1) is 13.8 Å². The largest absolute Gasteiger partial charge is 0.339 e. The Morgan fingerprint density at radius 3 is 2.29 bits per heavy atom. The summed E-state index contributed by atoms with van der Waals surface area (Å²) in [6, 6.07) is 14.8. The number of aromatic nitrogens is 2. The zero-order chi connectivity index (χ0) is 19.7. The van der Waals surface area contributed by atoms with Gasteiger partial charge in [-0.25, -0.2) is 0 Å². The van der Waals surface area contributed by atoms with E-state index in [2.05, 4.69) is 43.2 Å². The van der Waals surface area contributed by atoms with Crippen molar-refractivity contribution in [1.82, 2.24) is 14.7 Å². The van der Waals surface area contributed by atoms with Gasteiger partial charge < -0.3 is 4.90 Å². The highest BCUT2D eigenvalue weighted by molar-refractivity contribution is 5.94. The molecule has 1 aliphatic heterocycles. The maximum absolute atomic E-state index is 12.8. The number of hydrogen-bond acceptors (Lipinski definition) is 2. The molecule has 1 amide bonds. The van der Waals surface area contributed by atoms with Crippen molar-refractivity contribution in [1.29, 1.82) is 0 Å². The Morgan fingerprint density at radius 1 is 0.964 bits per heavy atom. The van der Waals surface area contributed by atoms with Crippen LogP contribution in [0.4, 0.5) is 0 Å². The maximum Gasteiger partial charge on any atom is 0.253 e. The van der Waals surface area contributed by atoms with Crippen molar-refractivity contribution in [2.24, 2.45) is 7.05 Å². The van der Waals surface area contributed by atoms with Crippen molar-refractivity contribution in [3.63, 3.8) is 0 Å². The number of rotatable bonds is 3. The minimum absolute atomic E-state index is 0.161. The average molecular weight is 374 g/mol. The molecule has 2 aromatic carbocycles. The zero-order valence-electron chi connectivity index (χ0n) is 16.9. The van der Waals surface area contributed by atoms with Gasteiger partial charge in [0.25, 0.3) is 5.91 Å². The van der Waals surface area contributed by atoms with Crippen LogP contribution in [0.5, 0.6) is 0 Å². The standard InChI is InChI=1S/C24H27N3O/c1-17-4-5-22(14-18(17)2)24(28)27-12-10-21(11-13-27)19-6-8-20(9-7-19)23-15-25-26(3)16-23/h4-9,14-16,21H,10-13H2,1-3H3. The molecule has 28 heavy (non-hydrogen) atoms. The van der Waals surface area contributed by atoms with Crippen LogP contribution in [0.25, 0.3) is 11.1 Å². The van der Waals surface area contributed by atoms with Crippen molar-refractivity contribution >= 4 is 5.91 Å². The molecule has 2 heterocycles. The summed E-state index contributed by atoms with van der Waals surface area (Å²) in [7, 11) is 1.94. The van der Waals surface area contributed by atoms with Crippen LogP contribution < -0.4 is 0 Å². The van der Waals surface area contributed by atoms with Gasteiger partial charge in [0.1, 0.15) is 0 Å². The third-order valence-electron chi connectivity index (χ3n) is 5.96. The van der Waals surface area contributed by atoms with E-state index in [4.69, 9.17) is 0 Å². The Labute approximate surface area is 166 Å². The van der Waals surface area contributed by atoms with E-state index >= 15 is 0 Å². The van der Waals surface area contributed by atoms with Gasteiger partial charge in [0.05, 0.1) is 6.20 Å². The molecular weight excluding hydrogens is 346 g/mol. The number of amides is 1. The predicted molar refractivity (Wildman–Crippen MR) is 112 cm³/mol. The van der Waals surface area contributed by atoms with Gasteiger partial charge in [-0.3, -0.25) is 9.48 Å². The molecule has 0 N–H and O–H groups in total. The van der Waals surface area contributed by atoms with Crippen LogP contribution in [0.15, 0.2) is 54.9 Å². The van der Waals surface area contributed by atoms with Gasteiger partial charge in [-0.1, -0.05) is 30.3 Å². The number of hydrogen-bond donors (Lipinski definition) is 0. The van der Waals surface area contributed by atoms with Gasteiger partial charge in [-0.2, -0.15) is 5.10 Å². The summed E-state index contributed by atoms with van der Waals surface area (Å²) in [6.45, 7) is 5.78. The van der Waals surface area contributed by atoms with Gasteiger partial charge in [-0.15, -0.1) is 0 Å². The molecule has 1 aliphatic rings. The first kappa shape index (κ1) is 18.5. The second kappa shape index (κ2) is 7.63. The van der Waals surface area contributed by atoms with Crippen molar-refractivity contribution in [2.45, 2.75) is 32.6 Å². The highest BCUT2D eigenvalue weighted by atomic mass is 16.2. The first-order chi connectivity index (χ1) is 13.5. The third kappa shape index (κ3) is 3.72. The Kier molecular flexibility index (Phi) is 5.03. The molecule has 4 rings (SSSR count). The van der Waals surface area contributed by atoms with Crippen molar-refractivity contribution < 1.29 is 4.79 Å². The molecule has 0 saturated carbocycles. The van der Waals surface area contributed by atoms with E-state index in [-0.39, 0.29) is 5.91 Å². The number of carbonyl (C=O) groups is 1.